The Hall–Kier alpha value is -1.95. The minimum Gasteiger partial charge on any atom is -0.370 e. The van der Waals surface area contributed by atoms with E-state index in [1.165, 1.54) is 6.07 Å². The molecule has 2 fully saturated rings. The van der Waals surface area contributed by atoms with E-state index in [1.807, 2.05) is 6.07 Å². The SMILES string of the molecule is NC(=O)CCN1[C@H](c2ccccc2F)C[C@H]2NC(=O)CCCC[C@@H]21. The van der Waals surface area contributed by atoms with Crippen LogP contribution in [0.15, 0.2) is 24.3 Å². The Balaban J connectivity index is 1.89. The van der Waals surface area contributed by atoms with E-state index in [-0.39, 0.29) is 42.2 Å². The van der Waals surface area contributed by atoms with Crippen molar-refractivity contribution in [2.75, 3.05) is 6.54 Å². The van der Waals surface area contributed by atoms with Gasteiger partial charge in [0.15, 0.2) is 0 Å². The molecule has 3 rings (SSSR count). The molecule has 6 heteroatoms. The Morgan fingerprint density at radius 2 is 2.12 bits per heavy atom. The van der Waals surface area contributed by atoms with Crippen LogP contribution in [0.4, 0.5) is 4.39 Å². The fourth-order valence-electron chi connectivity index (χ4n) is 4.05. The standard InChI is InChI=1S/C18H24FN3O2/c19-13-6-2-1-5-12(13)16-11-14-15(22(16)10-9-17(20)23)7-3-4-8-18(24)21-14/h1-2,5-6,14-16H,3-4,7-11H2,(H2,20,23)(H,21,24)/t14-,15+,16+/m1/s1. The summed E-state index contributed by atoms with van der Waals surface area (Å²) in [4.78, 5) is 25.4. The minimum absolute atomic E-state index is 0.00437. The van der Waals surface area contributed by atoms with Gasteiger partial charge in [-0.05, 0) is 25.3 Å². The molecule has 2 amide bonds. The van der Waals surface area contributed by atoms with Gasteiger partial charge in [0.1, 0.15) is 5.82 Å². The summed E-state index contributed by atoms with van der Waals surface area (Å²) in [5.41, 5.74) is 5.95. The number of likely N-dealkylation sites (tertiary alicyclic amines) is 1. The van der Waals surface area contributed by atoms with Gasteiger partial charge in [-0.3, -0.25) is 14.5 Å². The van der Waals surface area contributed by atoms with E-state index in [4.69, 9.17) is 5.73 Å². The molecular formula is C18H24FN3O2. The van der Waals surface area contributed by atoms with E-state index >= 15 is 0 Å². The van der Waals surface area contributed by atoms with E-state index in [9.17, 15) is 14.0 Å². The monoisotopic (exact) mass is 333 g/mol. The van der Waals surface area contributed by atoms with Crippen molar-refractivity contribution in [3.63, 3.8) is 0 Å². The number of fused-ring (bicyclic) bond motifs is 1. The van der Waals surface area contributed by atoms with Crippen molar-refractivity contribution in [3.05, 3.63) is 35.6 Å². The maximum Gasteiger partial charge on any atom is 0.220 e. The van der Waals surface area contributed by atoms with Crippen molar-refractivity contribution < 1.29 is 14.0 Å². The molecule has 0 saturated carbocycles. The number of carbonyl (C=O) groups excluding carboxylic acids is 2. The Bertz CT molecular complexity index is 622. The third kappa shape index (κ3) is 3.59. The predicted octanol–water partition coefficient (Wildman–Crippen LogP) is 1.88. The van der Waals surface area contributed by atoms with Gasteiger partial charge in [0.05, 0.1) is 0 Å². The first-order valence-electron chi connectivity index (χ1n) is 8.64. The highest BCUT2D eigenvalue weighted by Gasteiger charge is 2.43. The molecule has 2 aliphatic rings. The molecule has 0 aromatic heterocycles. The summed E-state index contributed by atoms with van der Waals surface area (Å²) in [7, 11) is 0. The highest BCUT2D eigenvalue weighted by molar-refractivity contribution is 5.76. The first-order chi connectivity index (χ1) is 11.6. The fraction of sp³-hybridized carbons (Fsp3) is 0.556. The zero-order chi connectivity index (χ0) is 17.1. The summed E-state index contributed by atoms with van der Waals surface area (Å²) in [5, 5.41) is 3.10. The normalized spacial score (nSPS) is 27.9. The summed E-state index contributed by atoms with van der Waals surface area (Å²) in [5.74, 6) is -0.540. The lowest BCUT2D eigenvalue weighted by molar-refractivity contribution is -0.122. The van der Waals surface area contributed by atoms with Crippen LogP contribution in [0.2, 0.25) is 0 Å². The van der Waals surface area contributed by atoms with Crippen LogP contribution in [-0.4, -0.2) is 35.3 Å². The molecule has 1 aromatic carbocycles. The third-order valence-electron chi connectivity index (χ3n) is 5.15. The number of halogens is 1. The summed E-state index contributed by atoms with van der Waals surface area (Å²) >= 11 is 0. The van der Waals surface area contributed by atoms with Crippen LogP contribution in [0.25, 0.3) is 0 Å². The Morgan fingerprint density at radius 3 is 2.88 bits per heavy atom. The third-order valence-corrected chi connectivity index (χ3v) is 5.15. The van der Waals surface area contributed by atoms with Gasteiger partial charge in [-0.1, -0.05) is 24.6 Å². The Kier molecular flexibility index (Phi) is 5.14. The molecule has 0 spiro atoms. The van der Waals surface area contributed by atoms with Gasteiger partial charge < -0.3 is 11.1 Å². The van der Waals surface area contributed by atoms with E-state index in [2.05, 4.69) is 10.2 Å². The molecule has 0 bridgehead atoms. The van der Waals surface area contributed by atoms with E-state index in [0.717, 1.165) is 19.3 Å². The van der Waals surface area contributed by atoms with Crippen LogP contribution in [0.3, 0.4) is 0 Å². The van der Waals surface area contributed by atoms with E-state index < -0.39 is 0 Å². The number of hydrogen-bond acceptors (Lipinski definition) is 3. The van der Waals surface area contributed by atoms with Crippen molar-refractivity contribution in [1.29, 1.82) is 0 Å². The molecule has 130 valence electrons. The second-order valence-corrected chi connectivity index (χ2v) is 6.71. The molecule has 0 radical (unpaired) electrons. The lowest BCUT2D eigenvalue weighted by Gasteiger charge is -2.32. The molecule has 1 aromatic rings. The van der Waals surface area contributed by atoms with Crippen LogP contribution in [0.1, 0.15) is 50.1 Å². The average molecular weight is 333 g/mol. The highest BCUT2D eigenvalue weighted by Crippen LogP contribution is 2.39. The lowest BCUT2D eigenvalue weighted by atomic mass is 9.97. The number of primary amides is 1. The van der Waals surface area contributed by atoms with Gasteiger partial charge in [-0.25, -0.2) is 4.39 Å². The Morgan fingerprint density at radius 1 is 1.33 bits per heavy atom. The van der Waals surface area contributed by atoms with Crippen molar-refractivity contribution in [2.45, 2.75) is 56.7 Å². The average Bonchev–Trinajstić information content (AvgIpc) is 2.84. The van der Waals surface area contributed by atoms with Gasteiger partial charge in [-0.2, -0.15) is 0 Å². The molecule has 24 heavy (non-hydrogen) atoms. The number of carbonyl (C=O) groups is 2. The summed E-state index contributed by atoms with van der Waals surface area (Å²) in [6.45, 7) is 0.491. The quantitative estimate of drug-likeness (QED) is 0.883. The zero-order valence-corrected chi connectivity index (χ0v) is 13.7. The van der Waals surface area contributed by atoms with E-state index in [0.29, 0.717) is 24.9 Å². The molecule has 2 heterocycles. The van der Waals surface area contributed by atoms with E-state index in [1.54, 1.807) is 12.1 Å². The Labute approximate surface area is 141 Å². The molecule has 0 unspecified atom stereocenters. The molecule has 2 saturated heterocycles. The number of nitrogens with two attached hydrogens (primary N) is 1. The summed E-state index contributed by atoms with van der Waals surface area (Å²) < 4.78 is 14.3. The van der Waals surface area contributed by atoms with Crippen molar-refractivity contribution >= 4 is 11.8 Å². The first-order valence-corrected chi connectivity index (χ1v) is 8.64. The number of rotatable bonds is 4. The maximum atomic E-state index is 14.3. The van der Waals surface area contributed by atoms with Crippen molar-refractivity contribution in [3.8, 4) is 0 Å². The van der Waals surface area contributed by atoms with Crippen LogP contribution < -0.4 is 11.1 Å². The molecular weight excluding hydrogens is 309 g/mol. The number of amides is 2. The van der Waals surface area contributed by atoms with Gasteiger partial charge in [0.2, 0.25) is 11.8 Å². The number of nitrogens with zero attached hydrogens (tertiary/aromatic N) is 1. The second kappa shape index (κ2) is 7.30. The van der Waals surface area contributed by atoms with Crippen LogP contribution >= 0.6 is 0 Å². The molecule has 5 nitrogen and oxygen atoms in total. The van der Waals surface area contributed by atoms with Crippen molar-refractivity contribution in [2.24, 2.45) is 5.73 Å². The first kappa shape index (κ1) is 16.9. The lowest BCUT2D eigenvalue weighted by Crippen LogP contribution is -2.46. The van der Waals surface area contributed by atoms with Gasteiger partial charge >= 0.3 is 0 Å². The fourth-order valence-corrected chi connectivity index (χ4v) is 4.05. The van der Waals surface area contributed by atoms with Gasteiger partial charge in [0.25, 0.3) is 0 Å². The topological polar surface area (TPSA) is 75.4 Å². The second-order valence-electron chi connectivity index (χ2n) is 6.71. The largest absolute Gasteiger partial charge is 0.370 e. The molecule has 3 N–H and O–H groups in total. The zero-order valence-electron chi connectivity index (χ0n) is 13.7. The molecule has 0 aliphatic carbocycles. The minimum atomic E-state index is -0.361. The van der Waals surface area contributed by atoms with Crippen LogP contribution in [-0.2, 0) is 9.59 Å². The smallest absolute Gasteiger partial charge is 0.220 e. The van der Waals surface area contributed by atoms with Gasteiger partial charge in [-0.15, -0.1) is 0 Å². The number of nitrogens with one attached hydrogen (secondary N) is 1. The molecule has 2 aliphatic heterocycles. The number of hydrogen-bond donors (Lipinski definition) is 2. The maximum absolute atomic E-state index is 14.3. The highest BCUT2D eigenvalue weighted by atomic mass is 19.1. The number of benzene rings is 1. The summed E-state index contributed by atoms with van der Waals surface area (Å²) in [6, 6.07) is 6.72. The van der Waals surface area contributed by atoms with Gasteiger partial charge in [0, 0.05) is 43.1 Å². The van der Waals surface area contributed by atoms with Crippen LogP contribution in [0.5, 0.6) is 0 Å². The molecule has 3 atom stereocenters. The predicted molar refractivity (Wildman–Crippen MR) is 88.5 cm³/mol. The summed E-state index contributed by atoms with van der Waals surface area (Å²) in [6.07, 6.45) is 4.22. The van der Waals surface area contributed by atoms with Crippen molar-refractivity contribution in [1.82, 2.24) is 10.2 Å². The van der Waals surface area contributed by atoms with Crippen LogP contribution in [0, 0.1) is 5.82 Å².